The molecule has 6 nitrogen and oxygen atoms in total. The molecule has 3 heterocycles. The van der Waals surface area contributed by atoms with Crippen LogP contribution in [0.3, 0.4) is 0 Å². The Labute approximate surface area is 145 Å². The van der Waals surface area contributed by atoms with Crippen molar-refractivity contribution in [1.82, 2.24) is 24.9 Å². The molecule has 0 aliphatic heterocycles. The minimum absolute atomic E-state index is 0.345. The highest BCUT2D eigenvalue weighted by Gasteiger charge is 2.11. The number of aliphatic imine (C=N–C) groups is 1. The summed E-state index contributed by atoms with van der Waals surface area (Å²) in [6, 6.07) is 3.92. The molecular formula is C17H20N6S. The van der Waals surface area contributed by atoms with Gasteiger partial charge < -0.3 is 5.32 Å². The summed E-state index contributed by atoms with van der Waals surface area (Å²) >= 11 is 1.55. The Morgan fingerprint density at radius 3 is 2.92 bits per heavy atom. The third kappa shape index (κ3) is 3.21. The average molecular weight is 340 g/mol. The lowest BCUT2D eigenvalue weighted by atomic mass is 10.2. The second-order valence-corrected chi connectivity index (χ2v) is 6.44. The van der Waals surface area contributed by atoms with Crippen molar-refractivity contribution in [1.29, 1.82) is 0 Å². The molecule has 0 amide bonds. The van der Waals surface area contributed by atoms with E-state index in [1.165, 1.54) is 0 Å². The standard InChI is InChI=1S/C17H20N6S/c1-11(2)12(3)21-17(24-4)22-14-6-5-7-23-15(10-18-16(14)23)13-8-19-20-9-13/h5-11H,3H2,1-2,4H3,(H,19,20)(H,21,22). The summed E-state index contributed by atoms with van der Waals surface area (Å²) in [4.78, 5) is 9.25. The second-order valence-electron chi connectivity index (χ2n) is 5.64. The normalized spacial score (nSPS) is 12.1. The number of aromatic nitrogens is 4. The largest absolute Gasteiger partial charge is 0.339 e. The Kier molecular flexibility index (Phi) is 4.71. The van der Waals surface area contributed by atoms with E-state index < -0.39 is 0 Å². The molecule has 24 heavy (non-hydrogen) atoms. The Morgan fingerprint density at radius 2 is 2.25 bits per heavy atom. The predicted octanol–water partition coefficient (Wildman–Crippen LogP) is 3.83. The molecular weight excluding hydrogens is 320 g/mol. The number of thioether (sulfide) groups is 1. The highest BCUT2D eigenvalue weighted by Crippen LogP contribution is 2.26. The van der Waals surface area contributed by atoms with Crippen molar-refractivity contribution in [2.24, 2.45) is 10.9 Å². The van der Waals surface area contributed by atoms with E-state index >= 15 is 0 Å². The van der Waals surface area contributed by atoms with Crippen molar-refractivity contribution in [2.45, 2.75) is 13.8 Å². The van der Waals surface area contributed by atoms with Crippen LogP contribution < -0.4 is 5.32 Å². The van der Waals surface area contributed by atoms with E-state index in [1.807, 2.05) is 41.4 Å². The number of H-pyrrole nitrogens is 1. The maximum Gasteiger partial charge on any atom is 0.165 e. The number of amidine groups is 1. The summed E-state index contributed by atoms with van der Waals surface area (Å²) in [6.07, 6.45) is 9.42. The van der Waals surface area contributed by atoms with Crippen molar-refractivity contribution in [3.8, 4) is 11.3 Å². The van der Waals surface area contributed by atoms with Gasteiger partial charge in [0.2, 0.25) is 0 Å². The smallest absolute Gasteiger partial charge is 0.165 e. The molecule has 0 saturated heterocycles. The van der Waals surface area contributed by atoms with Gasteiger partial charge in [-0.1, -0.05) is 32.2 Å². The van der Waals surface area contributed by atoms with Gasteiger partial charge in [0.15, 0.2) is 10.8 Å². The van der Waals surface area contributed by atoms with Crippen LogP contribution in [-0.2, 0) is 0 Å². The van der Waals surface area contributed by atoms with Gasteiger partial charge in [0.25, 0.3) is 0 Å². The monoisotopic (exact) mass is 340 g/mol. The van der Waals surface area contributed by atoms with E-state index in [0.29, 0.717) is 5.92 Å². The lowest BCUT2D eigenvalue weighted by Crippen LogP contribution is -2.21. The number of aromatic amines is 1. The first-order chi connectivity index (χ1) is 11.6. The lowest BCUT2D eigenvalue weighted by molar-refractivity contribution is 0.733. The number of hydrogen-bond donors (Lipinski definition) is 2. The maximum absolute atomic E-state index is 4.72. The van der Waals surface area contributed by atoms with Gasteiger partial charge in [-0.3, -0.25) is 9.50 Å². The predicted molar refractivity (Wildman–Crippen MR) is 100 cm³/mol. The molecule has 0 aliphatic rings. The van der Waals surface area contributed by atoms with Crippen LogP contribution in [0.1, 0.15) is 13.8 Å². The fourth-order valence-corrected chi connectivity index (χ4v) is 2.63. The molecule has 0 atom stereocenters. The number of pyridine rings is 1. The average Bonchev–Trinajstić information content (AvgIpc) is 3.23. The van der Waals surface area contributed by atoms with Gasteiger partial charge in [0, 0.05) is 23.7 Å². The van der Waals surface area contributed by atoms with Crippen LogP contribution in [0.25, 0.3) is 16.9 Å². The summed E-state index contributed by atoms with van der Waals surface area (Å²) in [7, 11) is 0. The second kappa shape index (κ2) is 6.92. The Morgan fingerprint density at radius 1 is 1.42 bits per heavy atom. The maximum atomic E-state index is 4.72. The highest BCUT2D eigenvalue weighted by molar-refractivity contribution is 8.13. The number of allylic oxidation sites excluding steroid dienone is 1. The number of imidazole rings is 1. The minimum atomic E-state index is 0.345. The van der Waals surface area contributed by atoms with E-state index in [0.717, 1.165) is 33.5 Å². The van der Waals surface area contributed by atoms with Crippen molar-refractivity contribution >= 4 is 28.3 Å². The minimum Gasteiger partial charge on any atom is -0.339 e. The summed E-state index contributed by atoms with van der Waals surface area (Å²) in [5.41, 5.74) is 4.51. The molecule has 2 N–H and O–H groups in total. The SMILES string of the molecule is C=C(NC(=Nc1cccn2c(-c3cn[nH]c3)cnc12)SC)C(C)C. The molecule has 124 valence electrons. The molecule has 0 radical (unpaired) electrons. The first kappa shape index (κ1) is 16.3. The van der Waals surface area contributed by atoms with Crippen molar-refractivity contribution in [3.05, 3.63) is 49.2 Å². The molecule has 0 aliphatic carbocycles. The van der Waals surface area contributed by atoms with Crippen molar-refractivity contribution < 1.29 is 0 Å². The molecule has 7 heteroatoms. The van der Waals surface area contributed by atoms with E-state index in [4.69, 9.17) is 4.99 Å². The number of nitrogens with one attached hydrogen (secondary N) is 2. The Hall–Kier alpha value is -2.54. The molecule has 3 aromatic rings. The Balaban J connectivity index is 2.01. The summed E-state index contributed by atoms with van der Waals surface area (Å²) in [6.45, 7) is 8.24. The zero-order valence-corrected chi connectivity index (χ0v) is 14.8. The van der Waals surface area contributed by atoms with Gasteiger partial charge in [-0.2, -0.15) is 5.10 Å². The molecule has 0 aromatic carbocycles. The molecule has 0 spiro atoms. The van der Waals surface area contributed by atoms with E-state index in [2.05, 4.69) is 40.9 Å². The van der Waals surface area contributed by atoms with E-state index in [9.17, 15) is 0 Å². The van der Waals surface area contributed by atoms with Crippen molar-refractivity contribution in [2.75, 3.05) is 6.26 Å². The van der Waals surface area contributed by atoms with Gasteiger partial charge >= 0.3 is 0 Å². The lowest BCUT2D eigenvalue weighted by Gasteiger charge is -2.13. The molecule has 0 saturated carbocycles. The fourth-order valence-electron chi connectivity index (χ4n) is 2.20. The number of fused-ring (bicyclic) bond motifs is 1. The van der Waals surface area contributed by atoms with Gasteiger partial charge in [0.1, 0.15) is 5.69 Å². The number of hydrogen-bond acceptors (Lipinski definition) is 4. The molecule has 0 fully saturated rings. The quantitative estimate of drug-likeness (QED) is 0.559. The van der Waals surface area contributed by atoms with E-state index in [-0.39, 0.29) is 0 Å². The molecule has 3 rings (SSSR count). The van der Waals surface area contributed by atoms with Gasteiger partial charge in [-0.25, -0.2) is 9.98 Å². The van der Waals surface area contributed by atoms with Crippen molar-refractivity contribution in [3.63, 3.8) is 0 Å². The summed E-state index contributed by atoms with van der Waals surface area (Å²) < 4.78 is 2.01. The van der Waals surface area contributed by atoms with Crippen LogP contribution >= 0.6 is 11.8 Å². The number of nitrogens with zero attached hydrogens (tertiary/aromatic N) is 4. The Bertz CT molecular complexity index is 876. The van der Waals surface area contributed by atoms with Crippen LogP contribution in [0.4, 0.5) is 5.69 Å². The van der Waals surface area contributed by atoms with Gasteiger partial charge in [-0.05, 0) is 24.3 Å². The van der Waals surface area contributed by atoms with Crippen LogP contribution in [0, 0.1) is 5.92 Å². The third-order valence-electron chi connectivity index (χ3n) is 3.69. The first-order valence-electron chi connectivity index (χ1n) is 7.64. The fraction of sp³-hybridized carbons (Fsp3) is 0.235. The zero-order valence-electron chi connectivity index (χ0n) is 13.9. The van der Waals surface area contributed by atoms with E-state index in [1.54, 1.807) is 18.0 Å². The van der Waals surface area contributed by atoms with Crippen LogP contribution in [0.2, 0.25) is 0 Å². The third-order valence-corrected chi connectivity index (χ3v) is 4.27. The van der Waals surface area contributed by atoms with Crippen LogP contribution in [0.5, 0.6) is 0 Å². The van der Waals surface area contributed by atoms with Crippen LogP contribution in [-0.4, -0.2) is 31.0 Å². The van der Waals surface area contributed by atoms with Gasteiger partial charge in [0.05, 0.1) is 18.1 Å². The molecule has 3 aromatic heterocycles. The van der Waals surface area contributed by atoms with Gasteiger partial charge in [-0.15, -0.1) is 0 Å². The topological polar surface area (TPSA) is 70.4 Å². The highest BCUT2D eigenvalue weighted by atomic mass is 32.2. The zero-order chi connectivity index (χ0) is 17.1. The summed E-state index contributed by atoms with van der Waals surface area (Å²) in [5, 5.41) is 10.9. The van der Waals surface area contributed by atoms with Crippen LogP contribution in [0.15, 0.2) is 54.2 Å². The molecule has 0 bridgehead atoms. The molecule has 0 unspecified atom stereocenters. The first-order valence-corrected chi connectivity index (χ1v) is 8.86. The number of rotatable bonds is 4. The summed E-state index contributed by atoms with van der Waals surface area (Å²) in [5.74, 6) is 0.345.